The summed E-state index contributed by atoms with van der Waals surface area (Å²) in [5, 5.41) is 42.9. The van der Waals surface area contributed by atoms with E-state index in [0.717, 1.165) is 0 Å². The van der Waals surface area contributed by atoms with Gasteiger partial charge in [0, 0.05) is 37.2 Å². The molecule has 4 aliphatic rings. The minimum absolute atomic E-state index is 0.00936. The number of aliphatic hydroxyl groups excluding tert-OH is 1. The summed E-state index contributed by atoms with van der Waals surface area (Å²) in [6, 6.07) is 0. The van der Waals surface area contributed by atoms with Crippen LogP contribution in [0.1, 0.15) is 47.5 Å². The van der Waals surface area contributed by atoms with Crippen LogP contribution in [0.2, 0.25) is 0 Å². The van der Waals surface area contributed by atoms with Crippen molar-refractivity contribution >= 4 is 5.78 Å². The molecule has 1 heterocycles. The van der Waals surface area contributed by atoms with Gasteiger partial charge >= 0.3 is 0 Å². The van der Waals surface area contributed by atoms with Crippen molar-refractivity contribution in [1.29, 1.82) is 0 Å². The van der Waals surface area contributed by atoms with Crippen LogP contribution in [-0.2, 0) is 9.53 Å². The highest BCUT2D eigenvalue weighted by molar-refractivity contribution is 6.04. The Morgan fingerprint density at radius 1 is 1.24 bits per heavy atom. The summed E-state index contributed by atoms with van der Waals surface area (Å²) in [5.74, 6) is -2.23. The third kappa shape index (κ3) is 2.54. The number of Topliss-reactive ketones (excluding diaryl/α,β-unsaturated/α-hetero) is 1. The van der Waals surface area contributed by atoms with E-state index >= 15 is 0 Å². The second-order valence-corrected chi connectivity index (χ2v) is 9.87. The van der Waals surface area contributed by atoms with Gasteiger partial charge < -0.3 is 20.1 Å². The quantitative estimate of drug-likeness (QED) is 0.624. The summed E-state index contributed by atoms with van der Waals surface area (Å²) in [4.78, 5) is 12.9. The molecule has 1 aliphatic heterocycles. The normalized spacial score (nSPS) is 47.8. The number of rotatable bonds is 3. The fourth-order valence-electron chi connectivity index (χ4n) is 6.57. The van der Waals surface area contributed by atoms with Crippen LogP contribution in [0, 0.1) is 23.7 Å². The van der Waals surface area contributed by atoms with Gasteiger partial charge in [-0.25, -0.2) is 0 Å². The number of carbonyl (C=O) groups is 1. The van der Waals surface area contributed by atoms with Crippen LogP contribution < -0.4 is 0 Å². The number of carbonyl (C=O) groups excluding carboxylic acids is 1. The van der Waals surface area contributed by atoms with Gasteiger partial charge in [-0.1, -0.05) is 19.1 Å². The van der Waals surface area contributed by atoms with Gasteiger partial charge in [0.2, 0.25) is 0 Å². The van der Waals surface area contributed by atoms with Crippen molar-refractivity contribution in [2.24, 2.45) is 33.9 Å². The summed E-state index contributed by atoms with van der Waals surface area (Å²) >= 11 is 0. The minimum atomic E-state index is -1.75. The summed E-state index contributed by atoms with van der Waals surface area (Å²) in [6.45, 7) is 9.65. The van der Waals surface area contributed by atoms with E-state index in [1.54, 1.807) is 13.0 Å². The lowest BCUT2D eigenvalue weighted by molar-refractivity contribution is -0.225. The fraction of sp³-hybridized carbons (Fsp3) is 0.773. The third-order valence-electron chi connectivity index (χ3n) is 7.70. The first-order chi connectivity index (χ1) is 13.5. The Bertz CT molecular complexity index is 833. The lowest BCUT2D eigenvalue weighted by Crippen LogP contribution is -2.67. The van der Waals surface area contributed by atoms with E-state index in [-0.39, 0.29) is 30.6 Å². The van der Waals surface area contributed by atoms with E-state index in [0.29, 0.717) is 24.2 Å². The third-order valence-corrected chi connectivity index (χ3v) is 7.70. The first-order valence-corrected chi connectivity index (χ1v) is 10.5. The van der Waals surface area contributed by atoms with Gasteiger partial charge in [0.05, 0.1) is 17.7 Å². The second-order valence-electron chi connectivity index (χ2n) is 9.87. The Morgan fingerprint density at radius 2 is 1.93 bits per heavy atom. The Kier molecular flexibility index (Phi) is 4.53. The molecule has 0 saturated heterocycles. The topological polar surface area (TPSA) is 112 Å². The van der Waals surface area contributed by atoms with Crippen LogP contribution in [0.3, 0.4) is 0 Å². The van der Waals surface area contributed by atoms with Gasteiger partial charge in [-0.05, 0) is 44.8 Å². The molecule has 3 N–H and O–H groups in total. The zero-order chi connectivity index (χ0) is 21.4. The highest BCUT2D eigenvalue weighted by Crippen LogP contribution is 2.63. The molecule has 160 valence electrons. The van der Waals surface area contributed by atoms with E-state index in [1.807, 2.05) is 33.8 Å². The standard InChI is InChI=1S/C22H32N2O5/c1-6-29-21-9-13(3)22(28)15(17(21)19(4,5)23-24-21)8-14(11-25)10-20(27)16(22)7-12(2)18(20)26/h7-8,13,15-17,25,27-28H,6,9-11H2,1-5H3/t13-,15+,16-,17-,20-,21+,22-/m1/s1. The van der Waals surface area contributed by atoms with Crippen LogP contribution >= 0.6 is 0 Å². The predicted octanol–water partition coefficient (Wildman–Crippen LogP) is 2.17. The lowest BCUT2D eigenvalue weighted by atomic mass is 9.52. The van der Waals surface area contributed by atoms with E-state index in [1.165, 1.54) is 0 Å². The van der Waals surface area contributed by atoms with Crippen LogP contribution in [0.5, 0.6) is 0 Å². The highest BCUT2D eigenvalue weighted by Gasteiger charge is 2.71. The molecule has 4 rings (SSSR count). The Balaban J connectivity index is 1.95. The van der Waals surface area contributed by atoms with Crippen molar-refractivity contribution in [1.82, 2.24) is 0 Å². The van der Waals surface area contributed by atoms with Crippen LogP contribution in [0.25, 0.3) is 0 Å². The molecule has 0 amide bonds. The SMILES string of the molecule is CCO[C@@]12C[C@@H](C)[C@@]3(O)[C@@H](C=C(CO)C[C@]4(O)C(=O)C(C)=C[C@@H]34)[C@@H]1C(C)(C)N=N2. The largest absolute Gasteiger partial charge is 0.392 e. The Morgan fingerprint density at radius 3 is 2.55 bits per heavy atom. The van der Waals surface area contributed by atoms with Gasteiger partial charge in [0.1, 0.15) is 5.60 Å². The van der Waals surface area contributed by atoms with Crippen molar-refractivity contribution in [3.05, 3.63) is 23.3 Å². The van der Waals surface area contributed by atoms with E-state index in [4.69, 9.17) is 4.74 Å². The number of aliphatic hydroxyl groups is 3. The van der Waals surface area contributed by atoms with Crippen molar-refractivity contribution in [2.75, 3.05) is 13.2 Å². The smallest absolute Gasteiger partial charge is 0.190 e. The molecule has 0 radical (unpaired) electrons. The average Bonchev–Trinajstić information content (AvgIpc) is 2.99. The zero-order valence-electron chi connectivity index (χ0n) is 17.8. The molecule has 0 aromatic carbocycles. The van der Waals surface area contributed by atoms with E-state index in [9.17, 15) is 20.1 Å². The maximum atomic E-state index is 12.9. The van der Waals surface area contributed by atoms with Crippen LogP contribution in [0.15, 0.2) is 33.5 Å². The van der Waals surface area contributed by atoms with Gasteiger partial charge in [-0.15, -0.1) is 0 Å². The molecular weight excluding hydrogens is 372 g/mol. The number of hydrogen-bond donors (Lipinski definition) is 3. The fourth-order valence-corrected chi connectivity index (χ4v) is 6.57. The summed E-state index contributed by atoms with van der Waals surface area (Å²) < 4.78 is 6.17. The first-order valence-electron chi connectivity index (χ1n) is 10.5. The van der Waals surface area contributed by atoms with Crippen LogP contribution in [-0.4, -0.2) is 56.8 Å². The number of hydrogen-bond acceptors (Lipinski definition) is 7. The molecule has 3 aliphatic carbocycles. The molecule has 7 atom stereocenters. The molecule has 7 nitrogen and oxygen atoms in total. The molecule has 0 bridgehead atoms. The molecule has 0 spiro atoms. The summed E-state index contributed by atoms with van der Waals surface area (Å²) in [6.07, 6.45) is 4.04. The van der Waals surface area contributed by atoms with Crippen molar-refractivity contribution in [2.45, 2.75) is 69.9 Å². The van der Waals surface area contributed by atoms with Gasteiger partial charge in [0.25, 0.3) is 0 Å². The molecular formula is C22H32N2O5. The molecule has 1 fully saturated rings. The predicted molar refractivity (Wildman–Crippen MR) is 106 cm³/mol. The maximum Gasteiger partial charge on any atom is 0.190 e. The Hall–Kier alpha value is -1.41. The molecule has 0 unspecified atom stereocenters. The van der Waals surface area contributed by atoms with Crippen LogP contribution in [0.4, 0.5) is 0 Å². The Labute approximate surface area is 171 Å². The van der Waals surface area contributed by atoms with Gasteiger partial charge in [0.15, 0.2) is 11.5 Å². The first kappa shape index (κ1) is 20.8. The number of fused-ring (bicyclic) bond motifs is 5. The molecule has 0 aromatic heterocycles. The maximum absolute atomic E-state index is 12.9. The number of ether oxygens (including phenoxy) is 1. The average molecular weight is 405 g/mol. The molecule has 1 saturated carbocycles. The van der Waals surface area contributed by atoms with Gasteiger partial charge in [-0.2, -0.15) is 10.2 Å². The van der Waals surface area contributed by atoms with Crippen molar-refractivity contribution in [3.63, 3.8) is 0 Å². The van der Waals surface area contributed by atoms with E-state index < -0.39 is 34.3 Å². The number of nitrogens with zero attached hydrogens (tertiary/aromatic N) is 2. The summed E-state index contributed by atoms with van der Waals surface area (Å²) in [7, 11) is 0. The zero-order valence-corrected chi connectivity index (χ0v) is 17.8. The molecule has 0 aromatic rings. The second kappa shape index (κ2) is 6.30. The molecule has 29 heavy (non-hydrogen) atoms. The van der Waals surface area contributed by atoms with E-state index in [2.05, 4.69) is 10.2 Å². The minimum Gasteiger partial charge on any atom is -0.392 e. The highest BCUT2D eigenvalue weighted by atomic mass is 16.5. The van der Waals surface area contributed by atoms with Crippen molar-refractivity contribution < 1.29 is 24.9 Å². The summed E-state index contributed by atoms with van der Waals surface area (Å²) in [5.41, 5.74) is -3.60. The molecule has 7 heteroatoms. The number of ketones is 1. The number of azo groups is 1. The van der Waals surface area contributed by atoms with Crippen molar-refractivity contribution in [3.8, 4) is 0 Å². The monoisotopic (exact) mass is 404 g/mol. The van der Waals surface area contributed by atoms with Gasteiger partial charge in [-0.3, -0.25) is 4.79 Å². The lowest BCUT2D eigenvalue weighted by Gasteiger charge is -2.57.